The first-order valence-corrected chi connectivity index (χ1v) is 9.82. The number of carbonyl (C=O) groups is 1. The largest absolute Gasteiger partial charge is 0.492 e. The number of tetrazole rings is 1. The van der Waals surface area contributed by atoms with Gasteiger partial charge in [0.1, 0.15) is 18.2 Å². The molecule has 4 rings (SSSR count). The molecule has 1 fully saturated rings. The minimum Gasteiger partial charge on any atom is -0.492 e. The van der Waals surface area contributed by atoms with Gasteiger partial charge in [-0.3, -0.25) is 4.79 Å². The van der Waals surface area contributed by atoms with Crippen molar-refractivity contribution in [3.63, 3.8) is 0 Å². The third-order valence-corrected chi connectivity index (χ3v) is 5.17. The van der Waals surface area contributed by atoms with Gasteiger partial charge in [-0.1, -0.05) is 12.1 Å². The van der Waals surface area contributed by atoms with Crippen molar-refractivity contribution in [2.24, 2.45) is 5.73 Å². The second-order valence-corrected chi connectivity index (χ2v) is 7.37. The predicted octanol–water partition coefficient (Wildman–Crippen LogP) is 2.27. The molecule has 31 heavy (non-hydrogen) atoms. The van der Waals surface area contributed by atoms with Crippen LogP contribution in [0.3, 0.4) is 0 Å². The summed E-state index contributed by atoms with van der Waals surface area (Å²) in [5, 5.41) is 11.3. The van der Waals surface area contributed by atoms with Crippen LogP contribution in [0, 0.1) is 5.82 Å². The lowest BCUT2D eigenvalue weighted by molar-refractivity contribution is 0.0790. The van der Waals surface area contributed by atoms with Crippen molar-refractivity contribution in [2.75, 3.05) is 19.7 Å². The standard InChI is InChI=1S/C21H23FN6O2.ClH/c22-18-5-1-15(2-6-18)17-9-10-27(11-17)21(29)16-3-7-20(8-4-16)30-13-19(23)12-28-25-14-24-26-28;/h1-8,14,17,19H,9-13,23H2;1H/t17-,19-;/m0./s1. The summed E-state index contributed by atoms with van der Waals surface area (Å²) < 4.78 is 18.8. The van der Waals surface area contributed by atoms with Gasteiger partial charge in [0.05, 0.1) is 12.6 Å². The van der Waals surface area contributed by atoms with Crippen LogP contribution in [0.2, 0.25) is 0 Å². The monoisotopic (exact) mass is 446 g/mol. The summed E-state index contributed by atoms with van der Waals surface area (Å²) in [7, 11) is 0. The van der Waals surface area contributed by atoms with Crippen molar-refractivity contribution < 1.29 is 13.9 Å². The molecule has 0 saturated carbocycles. The summed E-state index contributed by atoms with van der Waals surface area (Å²) in [6.07, 6.45) is 2.22. The summed E-state index contributed by atoms with van der Waals surface area (Å²) >= 11 is 0. The van der Waals surface area contributed by atoms with Crippen molar-refractivity contribution in [3.8, 4) is 5.75 Å². The Labute approximate surface area is 185 Å². The van der Waals surface area contributed by atoms with E-state index in [0.717, 1.165) is 12.0 Å². The number of halogens is 2. The first-order valence-electron chi connectivity index (χ1n) is 9.82. The second kappa shape index (κ2) is 10.3. The normalized spacial score (nSPS) is 16.6. The number of ether oxygens (including phenoxy) is 1. The van der Waals surface area contributed by atoms with E-state index in [9.17, 15) is 9.18 Å². The summed E-state index contributed by atoms with van der Waals surface area (Å²) in [5.41, 5.74) is 7.68. The van der Waals surface area contributed by atoms with Crippen LogP contribution in [0.1, 0.15) is 28.3 Å². The van der Waals surface area contributed by atoms with E-state index < -0.39 is 0 Å². The Morgan fingerprint density at radius 3 is 2.61 bits per heavy atom. The lowest BCUT2D eigenvalue weighted by Crippen LogP contribution is -2.33. The molecule has 2 aromatic carbocycles. The zero-order chi connectivity index (χ0) is 20.9. The summed E-state index contributed by atoms with van der Waals surface area (Å²) in [6.45, 7) is 2.01. The van der Waals surface area contributed by atoms with Crippen LogP contribution in [-0.4, -0.2) is 56.8 Å². The van der Waals surface area contributed by atoms with Crippen LogP contribution >= 0.6 is 12.4 Å². The third kappa shape index (κ3) is 5.77. The average molecular weight is 447 g/mol. The number of carbonyl (C=O) groups excluding carboxylic acids is 1. The molecule has 0 bridgehead atoms. The van der Waals surface area contributed by atoms with Crippen molar-refractivity contribution in [3.05, 3.63) is 71.8 Å². The number of nitrogens with two attached hydrogens (primary N) is 1. The Morgan fingerprint density at radius 2 is 1.94 bits per heavy atom. The van der Waals surface area contributed by atoms with E-state index in [2.05, 4.69) is 15.4 Å². The minimum absolute atomic E-state index is 0. The maximum atomic E-state index is 13.1. The van der Waals surface area contributed by atoms with Crippen molar-refractivity contribution >= 4 is 18.3 Å². The number of amides is 1. The van der Waals surface area contributed by atoms with E-state index in [1.807, 2.05) is 4.90 Å². The Balaban J connectivity index is 0.00000272. The highest BCUT2D eigenvalue weighted by Gasteiger charge is 2.28. The Kier molecular flexibility index (Phi) is 7.54. The molecule has 1 aliphatic heterocycles. The van der Waals surface area contributed by atoms with E-state index in [1.165, 1.54) is 23.3 Å². The van der Waals surface area contributed by atoms with Crippen LogP contribution in [0.5, 0.6) is 5.75 Å². The Hall–Kier alpha value is -3.04. The molecule has 1 aliphatic rings. The first kappa shape index (κ1) is 22.6. The van der Waals surface area contributed by atoms with Crippen LogP contribution in [-0.2, 0) is 6.54 Å². The van der Waals surface area contributed by atoms with Gasteiger partial charge in [-0.15, -0.1) is 22.6 Å². The number of nitrogens with zero attached hydrogens (tertiary/aromatic N) is 5. The number of benzene rings is 2. The van der Waals surface area contributed by atoms with Gasteiger partial charge in [0, 0.05) is 24.6 Å². The fourth-order valence-electron chi connectivity index (χ4n) is 3.57. The molecule has 0 spiro atoms. The predicted molar refractivity (Wildman–Crippen MR) is 115 cm³/mol. The third-order valence-electron chi connectivity index (χ3n) is 5.17. The maximum absolute atomic E-state index is 13.1. The van der Waals surface area contributed by atoms with Gasteiger partial charge in [-0.05, 0) is 53.6 Å². The summed E-state index contributed by atoms with van der Waals surface area (Å²) in [5.74, 6) is 0.611. The number of likely N-dealkylation sites (tertiary alicyclic amines) is 1. The molecule has 164 valence electrons. The summed E-state index contributed by atoms with van der Waals surface area (Å²) in [6, 6.07) is 13.3. The molecule has 0 unspecified atom stereocenters. The number of aromatic nitrogens is 4. The van der Waals surface area contributed by atoms with E-state index >= 15 is 0 Å². The zero-order valence-electron chi connectivity index (χ0n) is 16.8. The molecule has 1 aromatic heterocycles. The Bertz CT molecular complexity index is 969. The maximum Gasteiger partial charge on any atom is 0.253 e. The van der Waals surface area contributed by atoms with Crippen LogP contribution in [0.15, 0.2) is 54.9 Å². The fraction of sp³-hybridized carbons (Fsp3) is 0.333. The molecule has 0 aliphatic carbocycles. The molecule has 1 saturated heterocycles. The van der Waals surface area contributed by atoms with Gasteiger partial charge in [-0.25, -0.2) is 4.39 Å². The molecule has 2 N–H and O–H groups in total. The van der Waals surface area contributed by atoms with Crippen molar-refractivity contribution in [1.82, 2.24) is 25.1 Å². The fourth-order valence-corrected chi connectivity index (χ4v) is 3.57. The topological polar surface area (TPSA) is 99.2 Å². The van der Waals surface area contributed by atoms with Gasteiger partial charge in [0.15, 0.2) is 6.33 Å². The molecule has 2 atom stereocenters. The van der Waals surface area contributed by atoms with E-state index in [4.69, 9.17) is 10.5 Å². The zero-order valence-corrected chi connectivity index (χ0v) is 17.6. The number of rotatable bonds is 7. The molecule has 2 heterocycles. The smallest absolute Gasteiger partial charge is 0.253 e. The molecule has 0 radical (unpaired) electrons. The highest BCUT2D eigenvalue weighted by molar-refractivity contribution is 5.94. The van der Waals surface area contributed by atoms with E-state index in [-0.39, 0.29) is 36.1 Å². The SMILES string of the molecule is Cl.N[C@H](COc1ccc(C(=O)N2CC[C@H](c3ccc(F)cc3)C2)cc1)Cn1ncnn1. The number of hydrogen-bond donors (Lipinski definition) is 1. The van der Waals surface area contributed by atoms with Gasteiger partial charge < -0.3 is 15.4 Å². The van der Waals surface area contributed by atoms with Crippen molar-refractivity contribution in [1.29, 1.82) is 0 Å². The van der Waals surface area contributed by atoms with Gasteiger partial charge in [-0.2, -0.15) is 4.80 Å². The van der Waals surface area contributed by atoms with Crippen LogP contribution in [0.4, 0.5) is 4.39 Å². The van der Waals surface area contributed by atoms with Gasteiger partial charge in [0.25, 0.3) is 5.91 Å². The van der Waals surface area contributed by atoms with Gasteiger partial charge >= 0.3 is 0 Å². The molecule has 8 nitrogen and oxygen atoms in total. The van der Waals surface area contributed by atoms with Crippen LogP contribution < -0.4 is 10.5 Å². The van der Waals surface area contributed by atoms with E-state index in [1.54, 1.807) is 36.4 Å². The average Bonchev–Trinajstić information content (AvgIpc) is 3.45. The molecule has 3 aromatic rings. The highest BCUT2D eigenvalue weighted by atomic mass is 35.5. The minimum atomic E-state index is -0.284. The van der Waals surface area contributed by atoms with Crippen LogP contribution in [0.25, 0.3) is 0 Å². The Morgan fingerprint density at radius 1 is 1.19 bits per heavy atom. The molecular formula is C21H24ClFN6O2. The van der Waals surface area contributed by atoms with E-state index in [0.29, 0.717) is 37.6 Å². The molecule has 1 amide bonds. The quantitative estimate of drug-likeness (QED) is 0.597. The molecular weight excluding hydrogens is 423 g/mol. The lowest BCUT2D eigenvalue weighted by Gasteiger charge is -2.17. The lowest BCUT2D eigenvalue weighted by atomic mass is 9.99. The first-order chi connectivity index (χ1) is 14.6. The molecule has 10 heteroatoms. The highest BCUT2D eigenvalue weighted by Crippen LogP contribution is 2.28. The second-order valence-electron chi connectivity index (χ2n) is 7.37. The number of hydrogen-bond acceptors (Lipinski definition) is 6. The summed E-state index contributed by atoms with van der Waals surface area (Å²) in [4.78, 5) is 16.1. The van der Waals surface area contributed by atoms with Gasteiger partial charge in [0.2, 0.25) is 0 Å². The van der Waals surface area contributed by atoms with Crippen molar-refractivity contribution in [2.45, 2.75) is 24.9 Å².